The highest BCUT2D eigenvalue weighted by atomic mass is 16.3. The van der Waals surface area contributed by atoms with E-state index in [4.69, 9.17) is 0 Å². The molecule has 1 aromatic carbocycles. The summed E-state index contributed by atoms with van der Waals surface area (Å²) in [6, 6.07) is 7.37. The fourth-order valence-corrected chi connectivity index (χ4v) is 3.50. The molecular weight excluding hydrogens is 342 g/mol. The Labute approximate surface area is 159 Å². The third-order valence-electron chi connectivity index (χ3n) is 4.98. The van der Waals surface area contributed by atoms with Gasteiger partial charge in [0.1, 0.15) is 0 Å². The van der Waals surface area contributed by atoms with E-state index < -0.39 is 17.7 Å². The second-order valence-electron chi connectivity index (χ2n) is 7.19. The zero-order chi connectivity index (χ0) is 19.6. The molecule has 0 fully saturated rings. The molecule has 2 heterocycles. The van der Waals surface area contributed by atoms with Gasteiger partial charge in [0.15, 0.2) is 11.5 Å². The number of carbonyl (C=O) groups excluding carboxylic acids is 2. The Hall–Kier alpha value is -2.89. The van der Waals surface area contributed by atoms with E-state index in [-0.39, 0.29) is 11.4 Å². The Morgan fingerprint density at radius 3 is 2.48 bits per heavy atom. The number of imidazole rings is 1. The normalized spacial score (nSPS) is 17.3. The van der Waals surface area contributed by atoms with Gasteiger partial charge in [-0.3, -0.25) is 9.59 Å². The molecule has 0 aliphatic carbocycles. The number of hydrogen-bond donors (Lipinski definition) is 1. The molecule has 1 atom stereocenters. The Kier molecular flexibility index (Phi) is 5.44. The van der Waals surface area contributed by atoms with Gasteiger partial charge in [0.2, 0.25) is 0 Å². The summed E-state index contributed by atoms with van der Waals surface area (Å²) in [7, 11) is 0. The van der Waals surface area contributed by atoms with Crippen molar-refractivity contribution < 1.29 is 14.7 Å². The zero-order valence-corrected chi connectivity index (χ0v) is 15.9. The van der Waals surface area contributed by atoms with Gasteiger partial charge in [-0.25, -0.2) is 4.98 Å². The van der Waals surface area contributed by atoms with Crippen LogP contribution >= 0.6 is 0 Å². The molecule has 0 bridgehead atoms. The summed E-state index contributed by atoms with van der Waals surface area (Å²) in [4.78, 5) is 30.4. The van der Waals surface area contributed by atoms with Gasteiger partial charge < -0.3 is 14.6 Å². The predicted molar refractivity (Wildman–Crippen MR) is 102 cm³/mol. The number of aliphatic hydroxyl groups excluding tert-OH is 1. The molecule has 1 amide bonds. The maximum Gasteiger partial charge on any atom is 0.290 e. The molecule has 6 heteroatoms. The van der Waals surface area contributed by atoms with Crippen LogP contribution in [0.15, 0.2) is 54.3 Å². The molecule has 142 valence electrons. The molecule has 1 aliphatic rings. The number of hydrogen-bond acceptors (Lipinski definition) is 4. The smallest absolute Gasteiger partial charge is 0.290 e. The van der Waals surface area contributed by atoms with Gasteiger partial charge in [-0.2, -0.15) is 0 Å². The number of benzene rings is 1. The molecule has 2 aromatic rings. The van der Waals surface area contributed by atoms with Gasteiger partial charge in [-0.05, 0) is 30.4 Å². The van der Waals surface area contributed by atoms with Gasteiger partial charge in [0, 0.05) is 25.5 Å². The monoisotopic (exact) mass is 367 g/mol. The molecule has 0 saturated carbocycles. The number of Topliss-reactive ketones (excluding diaryl/α,β-unsaturated/α-hetero) is 1. The molecule has 3 rings (SSSR count). The lowest BCUT2D eigenvalue weighted by Gasteiger charge is -2.27. The lowest BCUT2D eigenvalue weighted by Crippen LogP contribution is -2.32. The van der Waals surface area contributed by atoms with Crippen LogP contribution in [-0.4, -0.2) is 37.8 Å². The molecule has 0 saturated heterocycles. The van der Waals surface area contributed by atoms with Crippen LogP contribution in [0.3, 0.4) is 0 Å². The third-order valence-corrected chi connectivity index (χ3v) is 4.98. The maximum absolute atomic E-state index is 12.6. The van der Waals surface area contributed by atoms with Crippen molar-refractivity contribution in [3.63, 3.8) is 0 Å². The van der Waals surface area contributed by atoms with E-state index in [0.717, 1.165) is 5.56 Å². The van der Waals surface area contributed by atoms with Crippen molar-refractivity contribution in [2.24, 2.45) is 0 Å². The summed E-state index contributed by atoms with van der Waals surface area (Å²) in [5.41, 5.74) is 2.21. The molecule has 0 radical (unpaired) electrons. The van der Waals surface area contributed by atoms with Crippen molar-refractivity contribution in [2.45, 2.75) is 45.7 Å². The molecule has 1 aliphatic heterocycles. The second-order valence-corrected chi connectivity index (χ2v) is 7.19. The first-order valence-corrected chi connectivity index (χ1v) is 9.20. The molecule has 1 N–H and O–H groups in total. The van der Waals surface area contributed by atoms with Crippen LogP contribution in [0.4, 0.5) is 0 Å². The Morgan fingerprint density at radius 2 is 1.93 bits per heavy atom. The number of amides is 1. The predicted octanol–water partition coefficient (Wildman–Crippen LogP) is 3.38. The van der Waals surface area contributed by atoms with Gasteiger partial charge in [-0.1, -0.05) is 38.1 Å². The third kappa shape index (κ3) is 3.79. The number of aliphatic hydroxyl groups is 1. The summed E-state index contributed by atoms with van der Waals surface area (Å²) in [6.07, 6.45) is 6.00. The summed E-state index contributed by atoms with van der Waals surface area (Å²) < 4.78 is 1.94. The summed E-state index contributed by atoms with van der Waals surface area (Å²) in [5.74, 6) is -0.797. The van der Waals surface area contributed by atoms with E-state index >= 15 is 0 Å². The van der Waals surface area contributed by atoms with Crippen LogP contribution in [0.25, 0.3) is 0 Å². The molecule has 0 unspecified atom stereocenters. The van der Waals surface area contributed by atoms with Gasteiger partial charge in [0.05, 0.1) is 17.9 Å². The topological polar surface area (TPSA) is 75.4 Å². The van der Waals surface area contributed by atoms with Gasteiger partial charge in [0.25, 0.3) is 5.91 Å². The summed E-state index contributed by atoms with van der Waals surface area (Å²) in [6.45, 7) is 6.77. The highest BCUT2D eigenvalue weighted by molar-refractivity contribution is 6.08. The number of carbonyl (C=O) groups is 2. The number of aryl methyl sites for hydroxylation is 1. The summed E-state index contributed by atoms with van der Waals surface area (Å²) in [5, 5.41) is 10.3. The Morgan fingerprint density at radius 1 is 1.22 bits per heavy atom. The standard InChI is InChI=1S/C21H25N3O3/c1-14(2)16-5-7-17(8-6-16)19-18(15(3)25)20(26)21(27)24(19)11-4-10-23-12-9-22-13-23/h5-9,12-14,19,26H,4,10-11H2,1-3H3/t19-/m0/s1. The second kappa shape index (κ2) is 7.78. The van der Waals surface area contributed by atoms with Crippen molar-refractivity contribution >= 4 is 11.7 Å². The number of rotatable bonds is 7. The van der Waals surface area contributed by atoms with E-state index in [0.29, 0.717) is 25.4 Å². The van der Waals surface area contributed by atoms with Gasteiger partial charge in [-0.15, -0.1) is 0 Å². The minimum Gasteiger partial charge on any atom is -0.503 e. The minimum absolute atomic E-state index is 0.180. The average Bonchev–Trinajstić information content (AvgIpc) is 3.23. The van der Waals surface area contributed by atoms with Crippen LogP contribution in [-0.2, 0) is 16.1 Å². The zero-order valence-electron chi connectivity index (χ0n) is 15.9. The Bertz CT molecular complexity index is 851. The van der Waals surface area contributed by atoms with Gasteiger partial charge >= 0.3 is 0 Å². The highest BCUT2D eigenvalue weighted by Gasteiger charge is 2.41. The molecule has 0 spiro atoms. The van der Waals surface area contributed by atoms with E-state index in [9.17, 15) is 14.7 Å². The molecule has 1 aromatic heterocycles. The van der Waals surface area contributed by atoms with Crippen LogP contribution in [0.2, 0.25) is 0 Å². The average molecular weight is 367 g/mol. The first-order valence-electron chi connectivity index (χ1n) is 9.20. The SMILES string of the molecule is CC(=O)C1=C(O)C(=O)N(CCCn2ccnc2)[C@H]1c1ccc(C(C)C)cc1. The van der Waals surface area contributed by atoms with Crippen molar-refractivity contribution in [3.8, 4) is 0 Å². The first kappa shape index (κ1) is 18.9. The van der Waals surface area contributed by atoms with E-state index in [1.54, 1.807) is 17.4 Å². The van der Waals surface area contributed by atoms with Crippen molar-refractivity contribution in [1.29, 1.82) is 0 Å². The lowest BCUT2D eigenvalue weighted by atomic mass is 9.94. The van der Waals surface area contributed by atoms with Crippen molar-refractivity contribution in [3.05, 3.63) is 65.4 Å². The van der Waals surface area contributed by atoms with Crippen molar-refractivity contribution in [1.82, 2.24) is 14.5 Å². The largest absolute Gasteiger partial charge is 0.503 e. The number of nitrogens with zero attached hydrogens (tertiary/aromatic N) is 3. The lowest BCUT2D eigenvalue weighted by molar-refractivity contribution is -0.129. The highest BCUT2D eigenvalue weighted by Crippen LogP contribution is 2.38. The van der Waals surface area contributed by atoms with E-state index in [2.05, 4.69) is 18.8 Å². The van der Waals surface area contributed by atoms with Crippen LogP contribution in [0.5, 0.6) is 0 Å². The molecular formula is C21H25N3O3. The van der Waals surface area contributed by atoms with Crippen LogP contribution in [0.1, 0.15) is 50.3 Å². The van der Waals surface area contributed by atoms with Crippen LogP contribution in [0, 0.1) is 0 Å². The first-order chi connectivity index (χ1) is 12.9. The summed E-state index contributed by atoms with van der Waals surface area (Å²) >= 11 is 0. The number of ketones is 1. The van der Waals surface area contributed by atoms with Crippen molar-refractivity contribution in [2.75, 3.05) is 6.54 Å². The molecule has 6 nitrogen and oxygen atoms in total. The molecule has 27 heavy (non-hydrogen) atoms. The quantitative estimate of drug-likeness (QED) is 0.814. The van der Waals surface area contributed by atoms with E-state index in [1.807, 2.05) is 35.0 Å². The fourth-order valence-electron chi connectivity index (χ4n) is 3.50. The van der Waals surface area contributed by atoms with Crippen LogP contribution < -0.4 is 0 Å². The minimum atomic E-state index is -0.543. The fraction of sp³-hybridized carbons (Fsp3) is 0.381. The Balaban J connectivity index is 1.86. The number of aromatic nitrogens is 2. The van der Waals surface area contributed by atoms with E-state index in [1.165, 1.54) is 12.5 Å². The maximum atomic E-state index is 12.6.